The molecule has 2 aromatic heterocycles. The number of amides is 1. The Morgan fingerprint density at radius 1 is 1.35 bits per heavy atom. The highest BCUT2D eigenvalue weighted by Crippen LogP contribution is 2.29. The molecule has 8 heteroatoms. The van der Waals surface area contributed by atoms with E-state index in [1.165, 1.54) is 18.2 Å². The van der Waals surface area contributed by atoms with Crippen molar-refractivity contribution < 1.29 is 18.1 Å². The Bertz CT molecular complexity index is 859. The fraction of sp³-hybridized carbons (Fsp3) is 0.0667. The number of hydrogen-bond donors (Lipinski definition) is 2. The molecule has 3 aromatic rings. The maximum atomic E-state index is 13.1. The Balaban J connectivity index is 1.81. The smallest absolute Gasteiger partial charge is 0.259 e. The first-order chi connectivity index (χ1) is 11.0. The quantitative estimate of drug-likeness (QED) is 0.763. The van der Waals surface area contributed by atoms with Gasteiger partial charge in [0.15, 0.2) is 16.7 Å². The van der Waals surface area contributed by atoms with Crippen LogP contribution in [0.5, 0.6) is 0 Å². The first-order valence-electron chi connectivity index (χ1n) is 6.58. The summed E-state index contributed by atoms with van der Waals surface area (Å²) >= 11 is 5.71. The number of rotatable bonds is 4. The molecular weight excluding hydrogens is 325 g/mol. The lowest BCUT2D eigenvalue weighted by molar-refractivity contribution is 0.0952. The van der Waals surface area contributed by atoms with Crippen LogP contribution in [0.2, 0.25) is 5.22 Å². The zero-order valence-corrected chi connectivity index (χ0v) is 12.4. The Labute approximate surface area is 135 Å². The van der Waals surface area contributed by atoms with Crippen LogP contribution in [0.25, 0.3) is 11.5 Å². The second kappa shape index (κ2) is 6.13. The van der Waals surface area contributed by atoms with Gasteiger partial charge in [-0.15, -0.1) is 0 Å². The van der Waals surface area contributed by atoms with Crippen molar-refractivity contribution in [3.05, 3.63) is 58.6 Å². The molecular formula is C15H11ClFN3O3. The van der Waals surface area contributed by atoms with E-state index in [0.717, 1.165) is 0 Å². The van der Waals surface area contributed by atoms with Gasteiger partial charge < -0.3 is 20.0 Å². The third-order valence-electron chi connectivity index (χ3n) is 3.09. The summed E-state index contributed by atoms with van der Waals surface area (Å²) in [5.74, 6) is -0.793. The van der Waals surface area contributed by atoms with Crippen molar-refractivity contribution in [1.82, 2.24) is 10.5 Å². The zero-order valence-electron chi connectivity index (χ0n) is 11.7. The van der Waals surface area contributed by atoms with E-state index in [1.54, 1.807) is 18.2 Å². The van der Waals surface area contributed by atoms with Crippen LogP contribution >= 0.6 is 11.6 Å². The van der Waals surface area contributed by atoms with Gasteiger partial charge in [-0.3, -0.25) is 4.79 Å². The molecule has 3 rings (SSSR count). The topological polar surface area (TPSA) is 94.3 Å². The maximum Gasteiger partial charge on any atom is 0.259 e. The van der Waals surface area contributed by atoms with E-state index in [4.69, 9.17) is 26.3 Å². The minimum Gasteiger partial charge on any atom is -0.443 e. The summed E-state index contributed by atoms with van der Waals surface area (Å²) in [6.45, 7) is 0.125. The first kappa shape index (κ1) is 15.1. The van der Waals surface area contributed by atoms with E-state index in [9.17, 15) is 9.18 Å². The summed E-state index contributed by atoms with van der Waals surface area (Å²) in [6.07, 6.45) is 0. The van der Waals surface area contributed by atoms with Crippen LogP contribution in [0.3, 0.4) is 0 Å². The molecule has 6 nitrogen and oxygen atoms in total. The van der Waals surface area contributed by atoms with Gasteiger partial charge in [0.25, 0.3) is 5.91 Å². The van der Waals surface area contributed by atoms with Crippen LogP contribution in [0.1, 0.15) is 15.9 Å². The molecule has 0 saturated carbocycles. The minimum atomic E-state index is -0.518. The second-order valence-electron chi connectivity index (χ2n) is 4.69. The SMILES string of the molecule is Nc1onc(-c2ccc(Cl)o2)c1C(=O)NCc1cccc(F)c1. The average molecular weight is 336 g/mol. The van der Waals surface area contributed by atoms with Crippen LogP contribution in [-0.2, 0) is 6.54 Å². The number of anilines is 1. The number of furan rings is 1. The van der Waals surface area contributed by atoms with Gasteiger partial charge in [0, 0.05) is 6.54 Å². The van der Waals surface area contributed by atoms with Gasteiger partial charge in [0.2, 0.25) is 5.88 Å². The van der Waals surface area contributed by atoms with Gasteiger partial charge in [-0.1, -0.05) is 17.3 Å². The summed E-state index contributed by atoms with van der Waals surface area (Å²) in [6, 6.07) is 8.94. The molecule has 3 N–H and O–H groups in total. The molecule has 0 bridgehead atoms. The molecule has 0 saturated heterocycles. The number of carbonyl (C=O) groups excluding carboxylic acids is 1. The van der Waals surface area contributed by atoms with Crippen molar-refractivity contribution in [2.75, 3.05) is 5.73 Å². The Kier molecular flexibility index (Phi) is 4.03. The lowest BCUT2D eigenvalue weighted by Crippen LogP contribution is -2.23. The predicted octanol–water partition coefficient (Wildman–Crippen LogP) is 3.24. The molecule has 0 unspecified atom stereocenters. The van der Waals surface area contributed by atoms with Gasteiger partial charge in [0.05, 0.1) is 0 Å². The van der Waals surface area contributed by atoms with Crippen molar-refractivity contribution >= 4 is 23.4 Å². The number of halogens is 2. The molecule has 1 amide bonds. The number of nitrogens with one attached hydrogen (secondary N) is 1. The molecule has 0 fully saturated rings. The van der Waals surface area contributed by atoms with Crippen molar-refractivity contribution in [2.24, 2.45) is 0 Å². The highest BCUT2D eigenvalue weighted by Gasteiger charge is 2.24. The van der Waals surface area contributed by atoms with Crippen LogP contribution in [0.4, 0.5) is 10.3 Å². The third-order valence-corrected chi connectivity index (χ3v) is 3.30. The molecule has 0 spiro atoms. The predicted molar refractivity (Wildman–Crippen MR) is 81.2 cm³/mol. The number of carbonyl (C=O) groups is 1. The highest BCUT2D eigenvalue weighted by molar-refractivity contribution is 6.29. The molecule has 1 aromatic carbocycles. The largest absolute Gasteiger partial charge is 0.443 e. The van der Waals surface area contributed by atoms with Gasteiger partial charge >= 0.3 is 0 Å². The Morgan fingerprint density at radius 3 is 2.87 bits per heavy atom. The number of nitrogen functional groups attached to an aromatic ring is 1. The van der Waals surface area contributed by atoms with Crippen molar-refractivity contribution in [1.29, 1.82) is 0 Å². The normalized spacial score (nSPS) is 10.7. The number of hydrogen-bond acceptors (Lipinski definition) is 5. The summed E-state index contributed by atoms with van der Waals surface area (Å²) in [5, 5.41) is 6.49. The summed E-state index contributed by atoms with van der Waals surface area (Å²) in [5.41, 5.74) is 6.44. The molecule has 0 atom stereocenters. The molecule has 118 valence electrons. The van der Waals surface area contributed by atoms with Crippen LogP contribution in [0.15, 0.2) is 45.3 Å². The van der Waals surface area contributed by atoms with E-state index in [2.05, 4.69) is 10.5 Å². The van der Waals surface area contributed by atoms with Gasteiger partial charge in [-0.2, -0.15) is 0 Å². The van der Waals surface area contributed by atoms with Crippen LogP contribution < -0.4 is 11.1 Å². The molecule has 0 aliphatic rings. The lowest BCUT2D eigenvalue weighted by atomic mass is 10.1. The van der Waals surface area contributed by atoms with Crippen LogP contribution in [0, 0.1) is 5.82 Å². The number of nitrogens with zero attached hydrogens (tertiary/aromatic N) is 1. The van der Waals surface area contributed by atoms with E-state index in [-0.39, 0.29) is 40.5 Å². The molecule has 23 heavy (non-hydrogen) atoms. The Hall–Kier alpha value is -2.80. The number of aromatic nitrogens is 1. The molecule has 0 radical (unpaired) electrons. The average Bonchev–Trinajstić information content (AvgIpc) is 3.11. The van der Waals surface area contributed by atoms with Gasteiger partial charge in [-0.05, 0) is 41.4 Å². The maximum absolute atomic E-state index is 13.1. The molecule has 0 aliphatic heterocycles. The standard InChI is InChI=1S/C15H11ClFN3O3/c16-11-5-4-10(22-11)13-12(14(18)23-20-13)15(21)19-7-8-2-1-3-9(17)6-8/h1-6H,7,18H2,(H,19,21). The fourth-order valence-corrected chi connectivity index (χ4v) is 2.20. The monoisotopic (exact) mass is 335 g/mol. The molecule has 0 aliphatic carbocycles. The van der Waals surface area contributed by atoms with Crippen LogP contribution in [-0.4, -0.2) is 11.1 Å². The van der Waals surface area contributed by atoms with E-state index in [1.807, 2.05) is 0 Å². The van der Waals surface area contributed by atoms with Crippen molar-refractivity contribution in [2.45, 2.75) is 6.54 Å². The van der Waals surface area contributed by atoms with E-state index >= 15 is 0 Å². The number of nitrogens with two attached hydrogens (primary N) is 1. The van der Waals surface area contributed by atoms with Gasteiger partial charge in [-0.25, -0.2) is 4.39 Å². The summed E-state index contributed by atoms with van der Waals surface area (Å²) < 4.78 is 23.2. The van der Waals surface area contributed by atoms with Crippen molar-refractivity contribution in [3.8, 4) is 11.5 Å². The summed E-state index contributed by atoms with van der Waals surface area (Å²) in [7, 11) is 0. The van der Waals surface area contributed by atoms with Crippen molar-refractivity contribution in [3.63, 3.8) is 0 Å². The minimum absolute atomic E-state index is 0.0346. The fourth-order valence-electron chi connectivity index (χ4n) is 2.05. The third kappa shape index (κ3) is 3.19. The highest BCUT2D eigenvalue weighted by atomic mass is 35.5. The lowest BCUT2D eigenvalue weighted by Gasteiger charge is -2.05. The zero-order chi connectivity index (χ0) is 16.4. The van der Waals surface area contributed by atoms with E-state index in [0.29, 0.717) is 5.56 Å². The summed E-state index contributed by atoms with van der Waals surface area (Å²) in [4.78, 5) is 12.3. The Morgan fingerprint density at radius 2 is 2.17 bits per heavy atom. The van der Waals surface area contributed by atoms with E-state index < -0.39 is 5.91 Å². The molecule has 2 heterocycles. The number of benzene rings is 1. The first-order valence-corrected chi connectivity index (χ1v) is 6.96. The van der Waals surface area contributed by atoms with Gasteiger partial charge in [0.1, 0.15) is 11.4 Å². The second-order valence-corrected chi connectivity index (χ2v) is 5.06.